The van der Waals surface area contributed by atoms with Gasteiger partial charge < -0.3 is 9.80 Å². The molecule has 0 aliphatic carbocycles. The first-order chi connectivity index (χ1) is 52.3. The largest absolute Gasteiger partial charge is 0.311 e. The van der Waals surface area contributed by atoms with Gasteiger partial charge in [-0.1, -0.05) is 308 Å². The smallest absolute Gasteiger partial charge is 0.252 e. The lowest BCUT2D eigenvalue weighted by atomic mass is 9.33. The van der Waals surface area contributed by atoms with Crippen LogP contribution in [0.1, 0.15) is 52.7 Å². The highest BCUT2D eigenvalue weighted by Crippen LogP contribution is 2.50. The third-order valence-electron chi connectivity index (χ3n) is 21.3. The Morgan fingerprint density at radius 1 is 0.206 bits per heavy atom. The van der Waals surface area contributed by atoms with Gasteiger partial charge in [-0.3, -0.25) is 0 Å². The van der Waals surface area contributed by atoms with Crippen LogP contribution in [0.2, 0.25) is 0 Å². The molecular weight excluding hydrogens is 1290 g/mol. The van der Waals surface area contributed by atoms with E-state index in [9.17, 15) is 0 Å². The molecule has 15 aromatic carbocycles. The van der Waals surface area contributed by atoms with E-state index in [0.717, 1.165) is 140 Å². The zero-order valence-electron chi connectivity index (χ0n) is 61.0. The standard InChI is InChI=1S/C101H78BN5/c1-100(2,3)86-47-49-92-90(65-86)102-91-66-87(101(4,5)6)48-50-93(91)107(89-61-81(73-43-27-13-28-44-73)54-82(62-89)74-45-29-14-30-46-74)95-64-85(63-94(96(95)102)106(92)88-59-79(71-39-23-11-24-40-71)53-80(60-88)72-41-25-12-26-42-72)99-104-97(83-55-75(67-31-15-7-16-32-67)51-76(56-83)68-33-17-8-18-34-68)103-98(105-99)84-57-77(69-35-19-9-20-36-69)52-78(58-84)70-37-21-10-22-38-70/h7-66H,1-6H3. The summed E-state index contributed by atoms with van der Waals surface area (Å²) >= 11 is 0. The molecule has 0 fully saturated rings. The highest BCUT2D eigenvalue weighted by molar-refractivity contribution is 7.00. The molecule has 3 heterocycles. The minimum absolute atomic E-state index is 0.178. The predicted molar refractivity (Wildman–Crippen MR) is 451 cm³/mol. The Hall–Kier alpha value is -13.0. The monoisotopic (exact) mass is 1370 g/mol. The number of rotatable bonds is 13. The van der Waals surface area contributed by atoms with Crippen LogP contribution in [0.25, 0.3) is 123 Å². The molecule has 0 spiro atoms. The number of hydrogen-bond acceptors (Lipinski definition) is 5. The van der Waals surface area contributed by atoms with E-state index in [0.29, 0.717) is 17.5 Å². The molecule has 0 N–H and O–H groups in total. The van der Waals surface area contributed by atoms with E-state index in [1.165, 1.54) is 27.5 Å². The molecule has 16 aromatic rings. The fraction of sp³-hybridized carbons (Fsp3) is 0.0792. The van der Waals surface area contributed by atoms with Crippen molar-refractivity contribution in [3.05, 3.63) is 375 Å². The number of anilines is 6. The van der Waals surface area contributed by atoms with Gasteiger partial charge in [-0.05, 0) is 224 Å². The maximum absolute atomic E-state index is 5.91. The Labute approximate surface area is 628 Å². The van der Waals surface area contributed by atoms with Crippen LogP contribution in [0.3, 0.4) is 0 Å². The van der Waals surface area contributed by atoms with Crippen molar-refractivity contribution in [2.24, 2.45) is 0 Å². The van der Waals surface area contributed by atoms with E-state index < -0.39 is 0 Å². The van der Waals surface area contributed by atoms with Crippen molar-refractivity contribution in [3.63, 3.8) is 0 Å². The molecule has 0 bridgehead atoms. The zero-order chi connectivity index (χ0) is 72.3. The maximum Gasteiger partial charge on any atom is 0.252 e. The maximum atomic E-state index is 5.91. The number of fused-ring (bicyclic) bond motifs is 4. The van der Waals surface area contributed by atoms with Gasteiger partial charge >= 0.3 is 0 Å². The second-order valence-corrected chi connectivity index (χ2v) is 30.4. The van der Waals surface area contributed by atoms with E-state index in [1.54, 1.807) is 0 Å². The van der Waals surface area contributed by atoms with Crippen molar-refractivity contribution < 1.29 is 0 Å². The van der Waals surface area contributed by atoms with Crippen LogP contribution in [0.15, 0.2) is 364 Å². The fourth-order valence-corrected chi connectivity index (χ4v) is 15.8. The molecule has 510 valence electrons. The number of nitrogens with zero attached hydrogens (tertiary/aromatic N) is 5. The molecule has 0 unspecified atom stereocenters. The third kappa shape index (κ3) is 12.8. The van der Waals surface area contributed by atoms with Crippen LogP contribution >= 0.6 is 0 Å². The molecule has 0 amide bonds. The Kier molecular flexibility index (Phi) is 16.8. The van der Waals surface area contributed by atoms with Crippen molar-refractivity contribution in [1.29, 1.82) is 0 Å². The van der Waals surface area contributed by atoms with Gasteiger partial charge in [-0.2, -0.15) is 0 Å². The van der Waals surface area contributed by atoms with Gasteiger partial charge in [0.15, 0.2) is 17.5 Å². The van der Waals surface area contributed by atoms with Gasteiger partial charge in [0.1, 0.15) is 0 Å². The molecule has 2 aliphatic rings. The van der Waals surface area contributed by atoms with Crippen LogP contribution in [0.4, 0.5) is 34.1 Å². The van der Waals surface area contributed by atoms with E-state index in [1.807, 2.05) is 0 Å². The van der Waals surface area contributed by atoms with Gasteiger partial charge in [0.25, 0.3) is 6.71 Å². The second kappa shape index (κ2) is 27.2. The lowest BCUT2D eigenvalue weighted by Crippen LogP contribution is -2.61. The molecule has 0 radical (unpaired) electrons. The van der Waals surface area contributed by atoms with Crippen LogP contribution in [-0.4, -0.2) is 21.7 Å². The molecule has 5 nitrogen and oxygen atoms in total. The van der Waals surface area contributed by atoms with Crippen molar-refractivity contribution in [2.45, 2.75) is 52.4 Å². The highest BCUT2D eigenvalue weighted by Gasteiger charge is 2.45. The Balaban J connectivity index is 0.988. The molecule has 2 aliphatic heterocycles. The van der Waals surface area contributed by atoms with E-state index in [2.05, 4.69) is 415 Å². The van der Waals surface area contributed by atoms with Crippen LogP contribution < -0.4 is 26.2 Å². The number of benzene rings is 15. The average molecular weight is 1370 g/mol. The first-order valence-electron chi connectivity index (χ1n) is 37.1. The Bertz CT molecular complexity index is 5400. The zero-order valence-corrected chi connectivity index (χ0v) is 61.0. The van der Waals surface area contributed by atoms with Crippen molar-refractivity contribution in [2.75, 3.05) is 9.80 Å². The van der Waals surface area contributed by atoms with Crippen LogP contribution in [-0.2, 0) is 10.8 Å². The number of hydrogen-bond donors (Lipinski definition) is 0. The van der Waals surface area contributed by atoms with Crippen molar-refractivity contribution >= 4 is 57.2 Å². The third-order valence-corrected chi connectivity index (χ3v) is 21.3. The predicted octanol–water partition coefficient (Wildman–Crippen LogP) is 24.9. The summed E-state index contributed by atoms with van der Waals surface area (Å²) in [6.45, 7) is 13.8. The molecule has 0 atom stereocenters. The van der Waals surface area contributed by atoms with Crippen LogP contribution in [0.5, 0.6) is 0 Å². The quantitative estimate of drug-likeness (QED) is 0.108. The summed E-state index contributed by atoms with van der Waals surface area (Å²) in [5, 5.41) is 0. The SMILES string of the molecule is CC(C)(C)c1ccc2c(c1)B1c3cc(C(C)(C)C)ccc3N(c3cc(-c4ccccc4)cc(-c4ccccc4)c3)c3cc(-c4nc(-c5cc(-c6ccccc6)cc(-c6ccccc6)c5)nc(-c5cc(-c6ccccc6)cc(-c6ccccc6)c5)n4)cc(c31)N2c1cc(-c2ccccc2)cc(-c2ccccc2)c1. The normalized spacial score (nSPS) is 12.3. The molecule has 107 heavy (non-hydrogen) atoms. The van der Waals surface area contributed by atoms with Gasteiger partial charge in [0.05, 0.1) is 0 Å². The van der Waals surface area contributed by atoms with Gasteiger partial charge in [-0.15, -0.1) is 0 Å². The number of aromatic nitrogens is 3. The molecule has 18 rings (SSSR count). The van der Waals surface area contributed by atoms with Gasteiger partial charge in [0.2, 0.25) is 0 Å². The summed E-state index contributed by atoms with van der Waals surface area (Å²) in [5.74, 6) is 1.64. The summed E-state index contributed by atoms with van der Waals surface area (Å²) in [6.07, 6.45) is 0. The molecule has 0 saturated carbocycles. The van der Waals surface area contributed by atoms with Gasteiger partial charge in [0, 0.05) is 50.8 Å². The van der Waals surface area contributed by atoms with Crippen molar-refractivity contribution in [1.82, 2.24) is 15.0 Å². The molecule has 6 heteroatoms. The van der Waals surface area contributed by atoms with E-state index in [-0.39, 0.29) is 17.5 Å². The fourth-order valence-electron chi connectivity index (χ4n) is 15.8. The van der Waals surface area contributed by atoms with E-state index in [4.69, 9.17) is 15.0 Å². The van der Waals surface area contributed by atoms with Gasteiger partial charge in [-0.25, -0.2) is 15.0 Å². The lowest BCUT2D eigenvalue weighted by molar-refractivity contribution is 0.590. The summed E-state index contributed by atoms with van der Waals surface area (Å²) in [5.41, 5.74) is 32.3. The lowest BCUT2D eigenvalue weighted by Gasteiger charge is -2.45. The summed E-state index contributed by atoms with van der Waals surface area (Å²) in [4.78, 5) is 22.7. The average Bonchev–Trinajstić information content (AvgIpc) is 0.691. The first-order valence-corrected chi connectivity index (χ1v) is 37.1. The minimum Gasteiger partial charge on any atom is -0.311 e. The Morgan fingerprint density at radius 2 is 0.421 bits per heavy atom. The summed E-state index contributed by atoms with van der Waals surface area (Å²) in [6, 6.07) is 133. The first kappa shape index (κ1) is 66.0. The van der Waals surface area contributed by atoms with Crippen molar-refractivity contribution in [3.8, 4) is 123 Å². The molecule has 1 aromatic heterocycles. The van der Waals surface area contributed by atoms with Crippen LogP contribution in [0, 0.1) is 0 Å². The second-order valence-electron chi connectivity index (χ2n) is 30.4. The summed E-state index contributed by atoms with van der Waals surface area (Å²) < 4.78 is 0. The molecule has 0 saturated heterocycles. The minimum atomic E-state index is -0.230. The Morgan fingerprint density at radius 3 is 0.654 bits per heavy atom. The summed E-state index contributed by atoms with van der Waals surface area (Å²) in [7, 11) is 0. The highest BCUT2D eigenvalue weighted by atomic mass is 15.2. The molecular formula is C101H78BN5. The van der Waals surface area contributed by atoms with E-state index >= 15 is 0 Å². The topological polar surface area (TPSA) is 45.2 Å².